The van der Waals surface area contributed by atoms with Gasteiger partial charge in [-0.25, -0.2) is 0 Å². The molecule has 90 valence electrons. The van der Waals surface area contributed by atoms with Crippen molar-refractivity contribution < 1.29 is 4.74 Å². The number of rotatable bonds is 1. The van der Waals surface area contributed by atoms with Gasteiger partial charge in [0, 0.05) is 0 Å². The number of hydrogen-bond donors (Lipinski definition) is 0. The highest BCUT2D eigenvalue weighted by atomic mass is 16.5. The van der Waals surface area contributed by atoms with Gasteiger partial charge >= 0.3 is 0 Å². The molecule has 0 unspecified atom stereocenters. The molecule has 0 aromatic rings. The zero-order valence-electron chi connectivity index (χ0n) is 10.8. The van der Waals surface area contributed by atoms with Crippen LogP contribution in [-0.4, -0.2) is 12.2 Å². The Bertz CT molecular complexity index is 303. The molecule has 0 aromatic heterocycles. The molecule has 1 heterocycles. The first-order chi connectivity index (χ1) is 7.56. The second-order valence-electron chi connectivity index (χ2n) is 5.77. The highest BCUT2D eigenvalue weighted by Gasteiger charge is 2.33. The van der Waals surface area contributed by atoms with Gasteiger partial charge in [0.1, 0.15) is 0 Å². The standard InChI is InChI=1S/C15H24O/c1-10-5-6-14(12(3)7-10)15-9-11(2)8-13(4)16-15/h5,12-15H,2,6-9H2,1,3-4H3/t12-,13+,14+,15-/m1/s1. The van der Waals surface area contributed by atoms with E-state index in [0.717, 1.165) is 18.8 Å². The van der Waals surface area contributed by atoms with E-state index in [2.05, 4.69) is 33.4 Å². The molecule has 1 heteroatoms. The first-order valence-electron chi connectivity index (χ1n) is 6.54. The van der Waals surface area contributed by atoms with Crippen LogP contribution in [0.25, 0.3) is 0 Å². The van der Waals surface area contributed by atoms with E-state index in [1.807, 2.05) is 0 Å². The quantitative estimate of drug-likeness (QED) is 0.604. The van der Waals surface area contributed by atoms with Gasteiger partial charge < -0.3 is 4.74 Å². The SMILES string of the molecule is C=C1C[C@H](C)O[C@@H]([C@H]2CC=C(C)C[C@H]2C)C1. The normalized spacial score (nSPS) is 40.7. The number of allylic oxidation sites excluding steroid dienone is 2. The third kappa shape index (κ3) is 2.57. The van der Waals surface area contributed by atoms with E-state index in [4.69, 9.17) is 4.74 Å². The minimum atomic E-state index is 0.366. The lowest BCUT2D eigenvalue weighted by Crippen LogP contribution is -2.36. The van der Waals surface area contributed by atoms with Crippen LogP contribution < -0.4 is 0 Å². The van der Waals surface area contributed by atoms with Crippen LogP contribution >= 0.6 is 0 Å². The zero-order valence-corrected chi connectivity index (χ0v) is 10.8. The third-order valence-corrected chi connectivity index (χ3v) is 4.06. The van der Waals surface area contributed by atoms with Crippen molar-refractivity contribution in [2.75, 3.05) is 0 Å². The van der Waals surface area contributed by atoms with Crippen molar-refractivity contribution in [3.8, 4) is 0 Å². The molecule has 0 amide bonds. The average molecular weight is 220 g/mol. The van der Waals surface area contributed by atoms with Crippen LogP contribution in [-0.2, 0) is 4.74 Å². The van der Waals surface area contributed by atoms with Crippen molar-refractivity contribution in [3.63, 3.8) is 0 Å². The van der Waals surface area contributed by atoms with Gasteiger partial charge in [0.25, 0.3) is 0 Å². The van der Waals surface area contributed by atoms with Gasteiger partial charge in [-0.05, 0) is 51.4 Å². The summed E-state index contributed by atoms with van der Waals surface area (Å²) in [5, 5.41) is 0. The van der Waals surface area contributed by atoms with Crippen molar-refractivity contribution in [3.05, 3.63) is 23.8 Å². The molecule has 1 fully saturated rings. The van der Waals surface area contributed by atoms with E-state index in [1.54, 1.807) is 5.57 Å². The molecular formula is C15H24O. The van der Waals surface area contributed by atoms with Crippen molar-refractivity contribution >= 4 is 0 Å². The molecule has 0 aromatic carbocycles. The molecule has 2 rings (SSSR count). The predicted octanol–water partition coefficient (Wildman–Crippen LogP) is 4.10. The Morgan fingerprint density at radius 1 is 1.25 bits per heavy atom. The highest BCUT2D eigenvalue weighted by Crippen LogP contribution is 2.37. The molecule has 2 aliphatic rings. The molecule has 0 spiro atoms. The maximum absolute atomic E-state index is 6.11. The lowest BCUT2D eigenvalue weighted by Gasteiger charge is -2.39. The van der Waals surface area contributed by atoms with Crippen LogP contribution in [0.2, 0.25) is 0 Å². The first-order valence-corrected chi connectivity index (χ1v) is 6.54. The fourth-order valence-corrected chi connectivity index (χ4v) is 3.25. The molecule has 0 radical (unpaired) electrons. The molecular weight excluding hydrogens is 196 g/mol. The molecule has 1 aliphatic carbocycles. The molecule has 1 saturated heterocycles. The van der Waals surface area contributed by atoms with E-state index < -0.39 is 0 Å². The van der Waals surface area contributed by atoms with Crippen LogP contribution in [0, 0.1) is 11.8 Å². The Morgan fingerprint density at radius 2 is 2.00 bits per heavy atom. The Morgan fingerprint density at radius 3 is 2.62 bits per heavy atom. The molecule has 16 heavy (non-hydrogen) atoms. The molecule has 1 nitrogen and oxygen atoms in total. The highest BCUT2D eigenvalue weighted by molar-refractivity contribution is 5.09. The van der Waals surface area contributed by atoms with Crippen molar-refractivity contribution in [2.24, 2.45) is 11.8 Å². The molecule has 4 atom stereocenters. The number of hydrogen-bond acceptors (Lipinski definition) is 1. The summed E-state index contributed by atoms with van der Waals surface area (Å²) in [4.78, 5) is 0. The average Bonchev–Trinajstić information content (AvgIpc) is 2.15. The molecule has 1 aliphatic heterocycles. The summed E-state index contributed by atoms with van der Waals surface area (Å²) in [5.74, 6) is 1.45. The van der Waals surface area contributed by atoms with Crippen LogP contribution in [0.5, 0.6) is 0 Å². The Labute approximate surface area is 99.6 Å². The summed E-state index contributed by atoms with van der Waals surface area (Å²) >= 11 is 0. The van der Waals surface area contributed by atoms with Gasteiger partial charge in [0.2, 0.25) is 0 Å². The Balaban J connectivity index is 2.04. The topological polar surface area (TPSA) is 9.23 Å². The second-order valence-corrected chi connectivity index (χ2v) is 5.77. The van der Waals surface area contributed by atoms with Gasteiger partial charge in [-0.3, -0.25) is 0 Å². The summed E-state index contributed by atoms with van der Waals surface area (Å²) < 4.78 is 6.11. The van der Waals surface area contributed by atoms with E-state index in [9.17, 15) is 0 Å². The first kappa shape index (κ1) is 11.9. The minimum absolute atomic E-state index is 0.366. The smallest absolute Gasteiger partial charge is 0.0649 e. The van der Waals surface area contributed by atoms with Crippen LogP contribution in [0.15, 0.2) is 23.8 Å². The third-order valence-electron chi connectivity index (χ3n) is 4.06. The Kier molecular flexibility index (Phi) is 3.53. The fraction of sp³-hybridized carbons (Fsp3) is 0.733. The van der Waals surface area contributed by atoms with E-state index in [-0.39, 0.29) is 0 Å². The largest absolute Gasteiger partial charge is 0.374 e. The van der Waals surface area contributed by atoms with Gasteiger partial charge in [-0.1, -0.05) is 30.7 Å². The zero-order chi connectivity index (χ0) is 11.7. The summed E-state index contributed by atoms with van der Waals surface area (Å²) in [7, 11) is 0. The van der Waals surface area contributed by atoms with Gasteiger partial charge in [0.15, 0.2) is 0 Å². The summed E-state index contributed by atoms with van der Waals surface area (Å²) in [6.45, 7) is 10.9. The van der Waals surface area contributed by atoms with Gasteiger partial charge in [-0.15, -0.1) is 0 Å². The maximum atomic E-state index is 6.11. The fourth-order valence-electron chi connectivity index (χ4n) is 3.25. The van der Waals surface area contributed by atoms with Crippen molar-refractivity contribution in [1.29, 1.82) is 0 Å². The van der Waals surface area contributed by atoms with Crippen LogP contribution in [0.3, 0.4) is 0 Å². The van der Waals surface area contributed by atoms with Gasteiger partial charge in [-0.2, -0.15) is 0 Å². The maximum Gasteiger partial charge on any atom is 0.0649 e. The monoisotopic (exact) mass is 220 g/mol. The van der Waals surface area contributed by atoms with Crippen LogP contribution in [0.1, 0.15) is 46.5 Å². The Hall–Kier alpha value is -0.560. The lowest BCUT2D eigenvalue weighted by atomic mass is 9.75. The van der Waals surface area contributed by atoms with Gasteiger partial charge in [0.05, 0.1) is 12.2 Å². The summed E-state index contributed by atoms with van der Waals surface area (Å²) in [6, 6.07) is 0. The van der Waals surface area contributed by atoms with Crippen molar-refractivity contribution in [2.45, 2.75) is 58.7 Å². The molecule has 0 N–H and O–H groups in total. The summed E-state index contributed by atoms with van der Waals surface area (Å²) in [5.41, 5.74) is 2.92. The van der Waals surface area contributed by atoms with Crippen LogP contribution in [0.4, 0.5) is 0 Å². The van der Waals surface area contributed by atoms with E-state index in [0.29, 0.717) is 18.1 Å². The lowest BCUT2D eigenvalue weighted by molar-refractivity contribution is -0.0640. The predicted molar refractivity (Wildman–Crippen MR) is 68.4 cm³/mol. The summed E-state index contributed by atoms with van der Waals surface area (Å²) in [6.07, 6.45) is 7.73. The van der Waals surface area contributed by atoms with Crippen molar-refractivity contribution in [1.82, 2.24) is 0 Å². The number of ether oxygens (including phenoxy) is 1. The van der Waals surface area contributed by atoms with E-state index in [1.165, 1.54) is 18.4 Å². The molecule has 0 bridgehead atoms. The minimum Gasteiger partial charge on any atom is -0.374 e. The van der Waals surface area contributed by atoms with E-state index >= 15 is 0 Å². The molecule has 0 saturated carbocycles. The second kappa shape index (κ2) is 4.75.